The molecule has 0 aliphatic rings. The second kappa shape index (κ2) is 12.5. The van der Waals surface area contributed by atoms with Gasteiger partial charge in [-0.15, -0.1) is 0 Å². The second-order valence-corrected chi connectivity index (χ2v) is 7.27. The summed E-state index contributed by atoms with van der Waals surface area (Å²) in [5.74, 6) is 0.531. The Morgan fingerprint density at radius 1 is 1.09 bits per heavy atom. The zero-order chi connectivity index (χ0) is 23.5. The third kappa shape index (κ3) is 7.14. The van der Waals surface area contributed by atoms with Crippen molar-refractivity contribution in [2.75, 3.05) is 20.0 Å². The van der Waals surface area contributed by atoms with Crippen LogP contribution >= 0.6 is 11.8 Å². The van der Waals surface area contributed by atoms with Crippen LogP contribution in [0.5, 0.6) is 11.5 Å². The summed E-state index contributed by atoms with van der Waals surface area (Å²) in [7, 11) is 2.88. The first-order chi connectivity index (χ1) is 15.4. The average Bonchev–Trinajstić information content (AvgIpc) is 3.26. The minimum absolute atomic E-state index is 0.0873. The van der Waals surface area contributed by atoms with E-state index in [-0.39, 0.29) is 29.9 Å². The number of benzene rings is 1. The molecule has 0 saturated heterocycles. The lowest BCUT2D eigenvalue weighted by Crippen LogP contribution is -2.08. The molecule has 0 unspecified atom stereocenters. The Hall–Kier alpha value is -3.30. The predicted molar refractivity (Wildman–Crippen MR) is 120 cm³/mol. The van der Waals surface area contributed by atoms with Gasteiger partial charge in [0.05, 0.1) is 32.1 Å². The predicted octanol–water partition coefficient (Wildman–Crippen LogP) is 3.56. The Kier molecular flexibility index (Phi) is 9.77. The van der Waals surface area contributed by atoms with Gasteiger partial charge in [-0.1, -0.05) is 17.8 Å². The van der Waals surface area contributed by atoms with Gasteiger partial charge in [0.15, 0.2) is 5.78 Å². The first-order valence-electron chi connectivity index (χ1n) is 9.53. The fraction of sp³-hybridized carbons (Fsp3) is 0.261. The van der Waals surface area contributed by atoms with Crippen LogP contribution in [-0.4, -0.2) is 41.9 Å². The molecule has 0 radical (unpaired) electrons. The number of esters is 1. The first-order valence-corrected chi connectivity index (χ1v) is 10.5. The van der Waals surface area contributed by atoms with Crippen LogP contribution in [0.25, 0.3) is 6.08 Å². The number of rotatable bonds is 11. The fourth-order valence-corrected chi connectivity index (χ4v) is 3.18. The smallest absolute Gasteiger partial charge is 0.316 e. The number of aliphatic hydroxyl groups excluding tert-OH is 1. The van der Waals surface area contributed by atoms with E-state index >= 15 is 0 Å². The summed E-state index contributed by atoms with van der Waals surface area (Å²) >= 11 is 0.855. The van der Waals surface area contributed by atoms with Gasteiger partial charge in [-0.3, -0.25) is 14.4 Å². The first kappa shape index (κ1) is 25.0. The molecular weight excluding hydrogens is 436 g/mol. The molecule has 32 heavy (non-hydrogen) atoms. The number of thioether (sulfide) groups is 1. The molecule has 9 heteroatoms. The lowest BCUT2D eigenvalue weighted by molar-refractivity contribution is -0.142. The van der Waals surface area contributed by atoms with Crippen LogP contribution in [-0.2, 0) is 27.5 Å². The number of ether oxygens (including phenoxy) is 3. The van der Waals surface area contributed by atoms with Crippen LogP contribution in [0, 0.1) is 0 Å². The van der Waals surface area contributed by atoms with Crippen molar-refractivity contribution in [3.8, 4) is 11.5 Å². The van der Waals surface area contributed by atoms with E-state index in [4.69, 9.17) is 18.6 Å². The minimum Gasteiger partial charge on any atom is -0.496 e. The molecule has 0 spiro atoms. The summed E-state index contributed by atoms with van der Waals surface area (Å²) in [6.07, 6.45) is 5.78. The Labute approximate surface area is 189 Å². The van der Waals surface area contributed by atoms with Gasteiger partial charge in [0.1, 0.15) is 29.6 Å². The summed E-state index contributed by atoms with van der Waals surface area (Å²) in [5.41, 5.74) is 0.767. The largest absolute Gasteiger partial charge is 0.496 e. The summed E-state index contributed by atoms with van der Waals surface area (Å²) in [5, 5.41) is 9.26. The topological polar surface area (TPSA) is 112 Å². The quantitative estimate of drug-likeness (QED) is 0.305. The number of furan rings is 1. The molecule has 1 aromatic heterocycles. The molecule has 8 nitrogen and oxygen atoms in total. The average molecular weight is 461 g/mol. The maximum Gasteiger partial charge on any atom is 0.316 e. The van der Waals surface area contributed by atoms with Gasteiger partial charge in [0.2, 0.25) is 5.12 Å². The van der Waals surface area contributed by atoms with E-state index in [0.717, 1.165) is 11.8 Å². The highest BCUT2D eigenvalue weighted by Gasteiger charge is 2.15. The van der Waals surface area contributed by atoms with Crippen molar-refractivity contribution in [1.82, 2.24) is 0 Å². The third-order valence-corrected chi connectivity index (χ3v) is 4.94. The summed E-state index contributed by atoms with van der Waals surface area (Å²) in [6, 6.07) is 6.30. The fourth-order valence-electron chi connectivity index (χ4n) is 2.61. The van der Waals surface area contributed by atoms with E-state index in [1.165, 1.54) is 44.6 Å². The van der Waals surface area contributed by atoms with Crippen molar-refractivity contribution < 1.29 is 38.1 Å². The van der Waals surface area contributed by atoms with Gasteiger partial charge in [-0.05, 0) is 49.4 Å². The van der Waals surface area contributed by atoms with Gasteiger partial charge >= 0.3 is 5.97 Å². The molecule has 0 bridgehead atoms. The van der Waals surface area contributed by atoms with E-state index in [9.17, 15) is 19.5 Å². The molecule has 170 valence electrons. The molecule has 0 fully saturated rings. The van der Waals surface area contributed by atoms with Crippen LogP contribution in [0.4, 0.5) is 0 Å². The SMILES string of the molecule is C/C=C/C(=O)SCC(=O)OCc1ccc(/C=C/C(=O)c2cc(OC)c(CO)c(OC)c2)o1. The van der Waals surface area contributed by atoms with Gasteiger partial charge in [-0.25, -0.2) is 0 Å². The third-order valence-electron chi connectivity index (χ3n) is 4.14. The summed E-state index contributed by atoms with van der Waals surface area (Å²) in [4.78, 5) is 35.6. The number of hydrogen-bond donors (Lipinski definition) is 1. The molecule has 1 heterocycles. The van der Waals surface area contributed by atoms with E-state index in [1.54, 1.807) is 25.1 Å². The second-order valence-electron chi connectivity index (χ2n) is 6.29. The highest BCUT2D eigenvalue weighted by atomic mass is 32.2. The number of carbonyl (C=O) groups is 3. The lowest BCUT2D eigenvalue weighted by atomic mass is 10.1. The molecule has 2 rings (SSSR count). The number of allylic oxidation sites excluding steroid dienone is 2. The number of methoxy groups -OCH3 is 2. The van der Waals surface area contributed by atoms with Gasteiger partial charge < -0.3 is 23.7 Å². The van der Waals surface area contributed by atoms with Crippen molar-refractivity contribution >= 4 is 34.7 Å². The van der Waals surface area contributed by atoms with Crippen LogP contribution < -0.4 is 9.47 Å². The molecule has 1 aromatic carbocycles. The summed E-state index contributed by atoms with van der Waals surface area (Å²) in [6.45, 7) is 1.34. The number of ketones is 1. The molecule has 0 aliphatic heterocycles. The van der Waals surface area contributed by atoms with E-state index in [1.807, 2.05) is 0 Å². The Balaban J connectivity index is 1.97. The molecule has 2 aromatic rings. The maximum absolute atomic E-state index is 12.5. The number of carbonyl (C=O) groups excluding carboxylic acids is 3. The molecule has 0 amide bonds. The summed E-state index contributed by atoms with van der Waals surface area (Å²) < 4.78 is 21.0. The zero-order valence-electron chi connectivity index (χ0n) is 18.0. The van der Waals surface area contributed by atoms with Gasteiger partial charge in [0.25, 0.3) is 0 Å². The molecule has 0 atom stereocenters. The standard InChI is InChI=1S/C23H24O8S/c1-4-5-23(27)32-14-22(26)30-13-17-7-6-16(31-17)8-9-19(25)15-10-20(28-2)18(12-24)21(11-15)29-3/h4-11,24H,12-14H2,1-3H3/b5-4+,9-8+. The molecule has 0 aliphatic carbocycles. The van der Waals surface area contributed by atoms with Crippen LogP contribution in [0.1, 0.15) is 34.4 Å². The Bertz CT molecular complexity index is 994. The number of aliphatic hydroxyl groups is 1. The highest BCUT2D eigenvalue weighted by molar-refractivity contribution is 8.14. The number of hydrogen-bond acceptors (Lipinski definition) is 9. The molecule has 1 N–H and O–H groups in total. The van der Waals surface area contributed by atoms with Crippen molar-refractivity contribution in [1.29, 1.82) is 0 Å². The minimum atomic E-state index is -0.536. The van der Waals surface area contributed by atoms with E-state index < -0.39 is 5.97 Å². The highest BCUT2D eigenvalue weighted by Crippen LogP contribution is 2.31. The van der Waals surface area contributed by atoms with Crippen LogP contribution in [0.2, 0.25) is 0 Å². The maximum atomic E-state index is 12.5. The van der Waals surface area contributed by atoms with E-state index in [0.29, 0.717) is 34.1 Å². The van der Waals surface area contributed by atoms with Crippen molar-refractivity contribution in [3.63, 3.8) is 0 Å². The van der Waals surface area contributed by atoms with Gasteiger partial charge in [0, 0.05) is 5.56 Å². The van der Waals surface area contributed by atoms with E-state index in [2.05, 4.69) is 0 Å². The van der Waals surface area contributed by atoms with Crippen LogP contribution in [0.15, 0.2) is 46.9 Å². The normalized spacial score (nSPS) is 11.1. The van der Waals surface area contributed by atoms with Crippen molar-refractivity contribution in [2.24, 2.45) is 0 Å². The zero-order valence-corrected chi connectivity index (χ0v) is 18.8. The molecular formula is C23H24O8S. The van der Waals surface area contributed by atoms with Crippen molar-refractivity contribution in [2.45, 2.75) is 20.1 Å². The molecule has 0 saturated carbocycles. The Morgan fingerprint density at radius 3 is 2.38 bits per heavy atom. The van der Waals surface area contributed by atoms with Gasteiger partial charge in [-0.2, -0.15) is 0 Å². The monoisotopic (exact) mass is 460 g/mol. The van der Waals surface area contributed by atoms with Crippen molar-refractivity contribution in [3.05, 3.63) is 65.1 Å². The Morgan fingerprint density at radius 2 is 1.78 bits per heavy atom. The lowest BCUT2D eigenvalue weighted by Gasteiger charge is -2.12. The van der Waals surface area contributed by atoms with Crippen LogP contribution in [0.3, 0.4) is 0 Å².